The van der Waals surface area contributed by atoms with Crippen molar-refractivity contribution in [3.63, 3.8) is 0 Å². The smallest absolute Gasteiger partial charge is 0.321 e. The van der Waals surface area contributed by atoms with Gasteiger partial charge in [0.05, 0.1) is 6.04 Å². The Kier molecular flexibility index (Phi) is 7.79. The highest BCUT2D eigenvalue weighted by atomic mass is 19.1. The molecule has 0 saturated carbocycles. The number of nitrogens with one attached hydrogen (secondary N) is 2. The maximum Gasteiger partial charge on any atom is 0.321 e. The number of hydrogen-bond donors (Lipinski definition) is 2. The van der Waals surface area contributed by atoms with Crippen LogP contribution in [0, 0.1) is 12.7 Å². The standard InChI is InChI=1S/C32H34FN7O3/c1-20-5-3-4-6-27(20)28-17-22-18-34-31(37-29(22)40(30(28)42)26-13-16-39(19-26)21(2)41)35-25-11-14-38(15-12-25)32(43)36-24-9-7-23(33)8-10-24/h3-10,17-18,25-26H,11-16,19H2,1-2H3,(H,36,43)(H,34,35,37)/t26-/m0/s1. The molecule has 222 valence electrons. The number of pyridine rings is 1. The van der Waals surface area contributed by atoms with Crippen LogP contribution in [-0.4, -0.2) is 68.5 Å². The highest BCUT2D eigenvalue weighted by molar-refractivity contribution is 5.89. The Morgan fingerprint density at radius 2 is 1.67 bits per heavy atom. The van der Waals surface area contributed by atoms with E-state index < -0.39 is 0 Å². The second kappa shape index (κ2) is 11.8. The number of halogens is 1. The zero-order chi connectivity index (χ0) is 30.1. The van der Waals surface area contributed by atoms with Crippen LogP contribution in [0.2, 0.25) is 0 Å². The van der Waals surface area contributed by atoms with Gasteiger partial charge >= 0.3 is 6.03 Å². The Labute approximate surface area is 248 Å². The van der Waals surface area contributed by atoms with Crippen LogP contribution in [0.5, 0.6) is 0 Å². The quantitative estimate of drug-likeness (QED) is 0.349. The molecule has 10 nitrogen and oxygen atoms in total. The zero-order valence-electron chi connectivity index (χ0n) is 24.2. The molecule has 2 aliphatic rings. The van der Waals surface area contributed by atoms with Gasteiger partial charge in [0, 0.05) is 62.0 Å². The molecule has 3 amide bonds. The van der Waals surface area contributed by atoms with Crippen LogP contribution in [0.4, 0.5) is 20.8 Å². The van der Waals surface area contributed by atoms with Gasteiger partial charge in [-0.2, -0.15) is 4.98 Å². The van der Waals surface area contributed by atoms with E-state index in [4.69, 9.17) is 4.98 Å². The van der Waals surface area contributed by atoms with E-state index in [-0.39, 0.29) is 35.4 Å². The summed E-state index contributed by atoms with van der Waals surface area (Å²) in [7, 11) is 0. The molecule has 2 aromatic heterocycles. The second-order valence-corrected chi connectivity index (χ2v) is 11.3. The first-order chi connectivity index (χ1) is 20.8. The third-order valence-corrected chi connectivity index (χ3v) is 8.39. The predicted octanol–water partition coefficient (Wildman–Crippen LogP) is 4.81. The molecule has 2 aromatic carbocycles. The summed E-state index contributed by atoms with van der Waals surface area (Å²) < 4.78 is 14.9. The molecule has 1 atom stereocenters. The monoisotopic (exact) mass is 583 g/mol. The molecular formula is C32H34FN7O3. The van der Waals surface area contributed by atoms with E-state index in [2.05, 4.69) is 15.6 Å². The van der Waals surface area contributed by atoms with Crippen molar-refractivity contribution >= 4 is 34.6 Å². The fraction of sp³-hybridized carbons (Fsp3) is 0.344. The maximum absolute atomic E-state index is 14.1. The Morgan fingerprint density at radius 1 is 0.953 bits per heavy atom. The van der Waals surface area contributed by atoms with Crippen molar-refractivity contribution < 1.29 is 14.0 Å². The minimum Gasteiger partial charge on any atom is -0.351 e. The topological polar surface area (TPSA) is 112 Å². The Hall–Kier alpha value is -4.80. The number of likely N-dealkylation sites (tertiary alicyclic amines) is 2. The summed E-state index contributed by atoms with van der Waals surface area (Å²) in [5.41, 5.74) is 3.39. The number of rotatable bonds is 5. The third kappa shape index (κ3) is 5.93. The molecule has 0 spiro atoms. The number of piperidine rings is 1. The average Bonchev–Trinajstić information content (AvgIpc) is 3.49. The first-order valence-electron chi connectivity index (χ1n) is 14.6. The normalized spacial score (nSPS) is 17.3. The van der Waals surface area contributed by atoms with E-state index >= 15 is 0 Å². The van der Waals surface area contributed by atoms with Gasteiger partial charge in [0.25, 0.3) is 5.56 Å². The summed E-state index contributed by atoms with van der Waals surface area (Å²) in [5, 5.41) is 6.96. The molecule has 2 saturated heterocycles. The van der Waals surface area contributed by atoms with E-state index in [1.807, 2.05) is 37.3 Å². The van der Waals surface area contributed by atoms with Gasteiger partial charge in [0.15, 0.2) is 0 Å². The van der Waals surface area contributed by atoms with E-state index in [1.165, 1.54) is 24.3 Å². The highest BCUT2D eigenvalue weighted by Gasteiger charge is 2.29. The van der Waals surface area contributed by atoms with Crippen LogP contribution in [0.1, 0.15) is 37.8 Å². The number of benzene rings is 2. The van der Waals surface area contributed by atoms with Crippen LogP contribution in [0.15, 0.2) is 65.6 Å². The fourth-order valence-corrected chi connectivity index (χ4v) is 5.98. The van der Waals surface area contributed by atoms with E-state index in [1.54, 1.807) is 27.5 Å². The van der Waals surface area contributed by atoms with Gasteiger partial charge in [0.1, 0.15) is 11.5 Å². The molecule has 0 radical (unpaired) electrons. The van der Waals surface area contributed by atoms with Crippen LogP contribution in [0.25, 0.3) is 22.2 Å². The van der Waals surface area contributed by atoms with Gasteiger partial charge in [-0.15, -0.1) is 0 Å². The van der Waals surface area contributed by atoms with Crippen LogP contribution < -0.4 is 16.2 Å². The highest BCUT2D eigenvalue weighted by Crippen LogP contribution is 2.29. The fourth-order valence-electron chi connectivity index (χ4n) is 5.98. The molecule has 2 aliphatic heterocycles. The number of urea groups is 1. The van der Waals surface area contributed by atoms with Gasteiger partial charge in [-0.05, 0) is 67.6 Å². The van der Waals surface area contributed by atoms with Crippen molar-refractivity contribution in [1.82, 2.24) is 24.3 Å². The van der Waals surface area contributed by atoms with Crippen molar-refractivity contribution in [2.75, 3.05) is 36.8 Å². The Balaban J connectivity index is 1.23. The lowest BCUT2D eigenvalue weighted by Crippen LogP contribution is -2.44. The molecule has 4 aromatic rings. The molecule has 0 aliphatic carbocycles. The molecule has 2 N–H and O–H groups in total. The number of carbonyl (C=O) groups is 2. The van der Waals surface area contributed by atoms with Gasteiger partial charge in [-0.25, -0.2) is 14.2 Å². The summed E-state index contributed by atoms with van der Waals surface area (Å²) in [6.07, 6.45) is 3.78. The first-order valence-corrected chi connectivity index (χ1v) is 14.6. The first kappa shape index (κ1) is 28.3. The van der Waals surface area contributed by atoms with Crippen molar-refractivity contribution in [1.29, 1.82) is 0 Å². The van der Waals surface area contributed by atoms with Gasteiger partial charge < -0.3 is 20.4 Å². The van der Waals surface area contributed by atoms with Crippen LogP contribution in [0.3, 0.4) is 0 Å². The molecule has 2 fully saturated rings. The second-order valence-electron chi connectivity index (χ2n) is 11.3. The summed E-state index contributed by atoms with van der Waals surface area (Å²) >= 11 is 0. The van der Waals surface area contributed by atoms with Crippen molar-refractivity contribution in [2.24, 2.45) is 0 Å². The van der Waals surface area contributed by atoms with E-state index in [0.29, 0.717) is 68.3 Å². The van der Waals surface area contributed by atoms with E-state index in [9.17, 15) is 18.8 Å². The number of anilines is 2. The number of aromatic nitrogens is 3. The SMILES string of the molecule is CC(=O)N1CC[C@H](n2c(=O)c(-c3ccccc3C)cc3cnc(NC4CCN(C(=O)Nc5ccc(F)cc5)CC4)nc32)C1. The lowest BCUT2D eigenvalue weighted by Gasteiger charge is -2.32. The van der Waals surface area contributed by atoms with Crippen molar-refractivity contribution in [3.8, 4) is 11.1 Å². The molecule has 0 bridgehead atoms. The predicted molar refractivity (Wildman–Crippen MR) is 164 cm³/mol. The van der Waals surface area contributed by atoms with Crippen LogP contribution >= 0.6 is 0 Å². The summed E-state index contributed by atoms with van der Waals surface area (Å²) in [6.45, 7) is 5.64. The molecular weight excluding hydrogens is 549 g/mol. The minimum absolute atomic E-state index is 0.00964. The number of hydrogen-bond acceptors (Lipinski definition) is 6. The largest absolute Gasteiger partial charge is 0.351 e. The molecule has 11 heteroatoms. The lowest BCUT2D eigenvalue weighted by atomic mass is 10.0. The number of carbonyl (C=O) groups excluding carboxylic acids is 2. The van der Waals surface area contributed by atoms with Gasteiger partial charge in [0.2, 0.25) is 11.9 Å². The Morgan fingerprint density at radius 3 is 2.37 bits per heavy atom. The van der Waals surface area contributed by atoms with E-state index in [0.717, 1.165) is 16.5 Å². The third-order valence-electron chi connectivity index (χ3n) is 8.39. The van der Waals surface area contributed by atoms with Gasteiger partial charge in [-0.3, -0.25) is 14.2 Å². The lowest BCUT2D eigenvalue weighted by molar-refractivity contribution is -0.127. The Bertz CT molecular complexity index is 1730. The van der Waals surface area contributed by atoms with Crippen LogP contribution in [-0.2, 0) is 4.79 Å². The minimum atomic E-state index is -0.356. The number of nitrogens with zero attached hydrogens (tertiary/aromatic N) is 5. The zero-order valence-corrected chi connectivity index (χ0v) is 24.2. The molecule has 4 heterocycles. The summed E-state index contributed by atoms with van der Waals surface area (Å²) in [6, 6.07) is 15.0. The molecule has 43 heavy (non-hydrogen) atoms. The number of aryl methyl sites for hydroxylation is 1. The number of amides is 3. The average molecular weight is 584 g/mol. The van der Waals surface area contributed by atoms with Crippen molar-refractivity contribution in [3.05, 3.63) is 82.5 Å². The van der Waals surface area contributed by atoms with Crippen molar-refractivity contribution in [2.45, 2.75) is 45.2 Å². The molecule has 6 rings (SSSR count). The number of fused-ring (bicyclic) bond motifs is 1. The molecule has 0 unspecified atom stereocenters. The van der Waals surface area contributed by atoms with Gasteiger partial charge in [-0.1, -0.05) is 24.3 Å². The maximum atomic E-state index is 14.1. The summed E-state index contributed by atoms with van der Waals surface area (Å²) in [5.74, 6) is 0.0512. The summed E-state index contributed by atoms with van der Waals surface area (Å²) in [4.78, 5) is 51.8.